The number of phenols is 1. The highest BCUT2D eigenvalue weighted by molar-refractivity contribution is 5.73. The average molecular weight is 278 g/mol. The zero-order valence-electron chi connectivity index (χ0n) is 11.3. The van der Waals surface area contributed by atoms with E-state index in [1.807, 2.05) is 36.4 Å². The number of nitrogens with zero attached hydrogens (tertiary/aromatic N) is 1. The van der Waals surface area contributed by atoms with Crippen LogP contribution in [-0.4, -0.2) is 15.3 Å². The van der Waals surface area contributed by atoms with Gasteiger partial charge in [0, 0.05) is 11.8 Å². The highest BCUT2D eigenvalue weighted by Gasteiger charge is 2.13. The molecule has 0 radical (unpaired) electrons. The molecule has 0 atom stereocenters. The van der Waals surface area contributed by atoms with Gasteiger partial charge in [-0.2, -0.15) is 5.10 Å². The van der Waals surface area contributed by atoms with Crippen molar-refractivity contribution in [3.8, 4) is 16.9 Å². The average Bonchev–Trinajstić information content (AvgIpc) is 2.50. The smallest absolute Gasteiger partial charge is 0.272 e. The highest BCUT2D eigenvalue weighted by Crippen LogP contribution is 2.31. The Kier molecular flexibility index (Phi) is 3.51. The Morgan fingerprint density at radius 1 is 1.00 bits per heavy atom. The van der Waals surface area contributed by atoms with Gasteiger partial charge in [-0.05, 0) is 29.7 Å². The molecule has 3 rings (SSSR count). The van der Waals surface area contributed by atoms with Crippen LogP contribution in [0.3, 0.4) is 0 Å². The van der Waals surface area contributed by atoms with E-state index in [0.29, 0.717) is 17.5 Å². The lowest BCUT2D eigenvalue weighted by atomic mass is 9.95. The Labute approximate surface area is 121 Å². The van der Waals surface area contributed by atoms with Crippen LogP contribution in [0.15, 0.2) is 65.6 Å². The molecule has 104 valence electrons. The number of phenolic OH excluding ortho intramolecular Hbond substituents is 1. The molecule has 0 saturated carbocycles. The van der Waals surface area contributed by atoms with E-state index in [4.69, 9.17) is 0 Å². The molecule has 2 N–H and O–H groups in total. The summed E-state index contributed by atoms with van der Waals surface area (Å²) in [6, 6.07) is 16.8. The van der Waals surface area contributed by atoms with E-state index in [1.54, 1.807) is 18.2 Å². The molecule has 0 spiro atoms. The molecular formula is C17H14N2O2. The lowest BCUT2D eigenvalue weighted by molar-refractivity contribution is 0.476. The molecule has 0 amide bonds. The van der Waals surface area contributed by atoms with Gasteiger partial charge in [-0.25, -0.2) is 5.10 Å². The summed E-state index contributed by atoms with van der Waals surface area (Å²) in [5.74, 6) is 0.0973. The molecule has 0 aliphatic heterocycles. The first kappa shape index (κ1) is 13.1. The maximum atomic E-state index is 11.9. The fourth-order valence-corrected chi connectivity index (χ4v) is 2.40. The van der Waals surface area contributed by atoms with Crippen LogP contribution >= 0.6 is 0 Å². The Morgan fingerprint density at radius 3 is 2.57 bits per heavy atom. The quantitative estimate of drug-likeness (QED) is 0.774. The van der Waals surface area contributed by atoms with Crippen molar-refractivity contribution in [2.75, 3.05) is 0 Å². The summed E-state index contributed by atoms with van der Waals surface area (Å²) in [6.45, 7) is 0. The summed E-state index contributed by atoms with van der Waals surface area (Å²) in [6.07, 6.45) is 2.15. The molecule has 2 aromatic carbocycles. The van der Waals surface area contributed by atoms with Crippen LogP contribution in [0.1, 0.15) is 11.1 Å². The van der Waals surface area contributed by atoms with Crippen LogP contribution in [0.4, 0.5) is 0 Å². The van der Waals surface area contributed by atoms with Gasteiger partial charge < -0.3 is 5.11 Å². The minimum atomic E-state index is -0.312. The van der Waals surface area contributed by atoms with Crippen molar-refractivity contribution in [1.82, 2.24) is 10.2 Å². The highest BCUT2D eigenvalue weighted by atomic mass is 16.3. The number of rotatable bonds is 3. The zero-order chi connectivity index (χ0) is 14.7. The summed E-state index contributed by atoms with van der Waals surface area (Å²) in [4.78, 5) is 11.9. The summed E-state index contributed by atoms with van der Waals surface area (Å²) >= 11 is 0. The van der Waals surface area contributed by atoms with Crippen LogP contribution in [0.5, 0.6) is 5.75 Å². The number of nitrogens with one attached hydrogen (secondary N) is 1. The summed E-state index contributed by atoms with van der Waals surface area (Å²) < 4.78 is 0. The minimum absolute atomic E-state index is 0.0973. The fourth-order valence-electron chi connectivity index (χ4n) is 2.40. The molecule has 4 heteroatoms. The second-order valence-corrected chi connectivity index (χ2v) is 4.77. The standard InChI is InChI=1S/C17H14N2O2/c20-15-8-4-7-13(11-12-5-2-1-3-6-12)16(15)14-9-10-18-19-17(14)21/h1-10,20H,11H2,(H,19,21). The second-order valence-electron chi connectivity index (χ2n) is 4.77. The second kappa shape index (κ2) is 5.63. The Bertz CT molecular complexity index is 810. The van der Waals surface area contributed by atoms with Crippen molar-refractivity contribution in [3.63, 3.8) is 0 Å². The predicted octanol–water partition coefficient (Wildman–Crippen LogP) is 2.73. The van der Waals surface area contributed by atoms with Crippen molar-refractivity contribution in [2.24, 2.45) is 0 Å². The SMILES string of the molecule is O=c1[nH]nccc1-c1c(O)cccc1Cc1ccccc1. The van der Waals surface area contributed by atoms with Gasteiger partial charge >= 0.3 is 0 Å². The topological polar surface area (TPSA) is 66.0 Å². The number of hydrogen-bond donors (Lipinski definition) is 2. The largest absolute Gasteiger partial charge is 0.507 e. The fraction of sp³-hybridized carbons (Fsp3) is 0.0588. The van der Waals surface area contributed by atoms with E-state index in [0.717, 1.165) is 11.1 Å². The number of aromatic hydroxyl groups is 1. The lowest BCUT2D eigenvalue weighted by Crippen LogP contribution is -2.10. The molecule has 0 saturated heterocycles. The van der Waals surface area contributed by atoms with Gasteiger partial charge in [0.1, 0.15) is 5.75 Å². The number of benzene rings is 2. The van der Waals surface area contributed by atoms with Crippen molar-refractivity contribution in [1.29, 1.82) is 0 Å². The molecule has 3 aromatic rings. The van der Waals surface area contributed by atoms with Crippen LogP contribution in [0, 0.1) is 0 Å². The number of aromatic nitrogens is 2. The van der Waals surface area contributed by atoms with Crippen molar-refractivity contribution < 1.29 is 5.11 Å². The first-order chi connectivity index (χ1) is 10.3. The predicted molar refractivity (Wildman–Crippen MR) is 81.2 cm³/mol. The molecule has 0 bridgehead atoms. The van der Waals surface area contributed by atoms with E-state index in [9.17, 15) is 9.90 Å². The Morgan fingerprint density at radius 2 is 1.81 bits per heavy atom. The van der Waals surface area contributed by atoms with E-state index in [-0.39, 0.29) is 11.3 Å². The zero-order valence-corrected chi connectivity index (χ0v) is 11.3. The first-order valence-corrected chi connectivity index (χ1v) is 6.64. The van der Waals surface area contributed by atoms with E-state index >= 15 is 0 Å². The van der Waals surface area contributed by atoms with Gasteiger partial charge in [0.15, 0.2) is 0 Å². The summed E-state index contributed by atoms with van der Waals surface area (Å²) in [5, 5.41) is 16.3. The van der Waals surface area contributed by atoms with Crippen molar-refractivity contribution in [2.45, 2.75) is 6.42 Å². The molecule has 0 unspecified atom stereocenters. The van der Waals surface area contributed by atoms with Crippen LogP contribution in [0.25, 0.3) is 11.1 Å². The molecule has 0 aliphatic carbocycles. The molecule has 21 heavy (non-hydrogen) atoms. The van der Waals surface area contributed by atoms with Gasteiger partial charge in [0.05, 0.1) is 5.56 Å². The summed E-state index contributed by atoms with van der Waals surface area (Å²) in [5.41, 5.74) is 2.69. The number of aromatic amines is 1. The Balaban J connectivity index is 2.13. The molecule has 1 aromatic heterocycles. The third kappa shape index (κ3) is 2.69. The molecule has 4 nitrogen and oxygen atoms in total. The minimum Gasteiger partial charge on any atom is -0.507 e. The van der Waals surface area contributed by atoms with Crippen molar-refractivity contribution >= 4 is 0 Å². The molecule has 0 fully saturated rings. The van der Waals surface area contributed by atoms with Gasteiger partial charge in [0.2, 0.25) is 0 Å². The molecular weight excluding hydrogens is 264 g/mol. The maximum absolute atomic E-state index is 11.9. The molecule has 1 heterocycles. The van der Waals surface area contributed by atoms with Gasteiger partial charge in [-0.15, -0.1) is 0 Å². The van der Waals surface area contributed by atoms with Gasteiger partial charge in [-0.1, -0.05) is 42.5 Å². The molecule has 0 aliphatic rings. The van der Waals surface area contributed by atoms with E-state index in [1.165, 1.54) is 6.20 Å². The first-order valence-electron chi connectivity index (χ1n) is 6.64. The maximum Gasteiger partial charge on any atom is 0.272 e. The number of H-pyrrole nitrogens is 1. The van der Waals surface area contributed by atoms with E-state index < -0.39 is 0 Å². The van der Waals surface area contributed by atoms with E-state index in [2.05, 4.69) is 10.2 Å². The normalized spacial score (nSPS) is 10.5. The van der Waals surface area contributed by atoms with Crippen LogP contribution < -0.4 is 5.56 Å². The van der Waals surface area contributed by atoms with Gasteiger partial charge in [0.25, 0.3) is 5.56 Å². The Hall–Kier alpha value is -2.88. The van der Waals surface area contributed by atoms with Crippen LogP contribution in [0.2, 0.25) is 0 Å². The lowest BCUT2D eigenvalue weighted by Gasteiger charge is -2.11. The van der Waals surface area contributed by atoms with Crippen LogP contribution in [-0.2, 0) is 6.42 Å². The number of hydrogen-bond acceptors (Lipinski definition) is 3. The monoisotopic (exact) mass is 278 g/mol. The summed E-state index contributed by atoms with van der Waals surface area (Å²) in [7, 11) is 0. The van der Waals surface area contributed by atoms with Gasteiger partial charge in [-0.3, -0.25) is 4.79 Å². The third-order valence-electron chi connectivity index (χ3n) is 3.36. The third-order valence-corrected chi connectivity index (χ3v) is 3.36. The van der Waals surface area contributed by atoms with Crippen molar-refractivity contribution in [3.05, 3.63) is 82.3 Å².